The third-order valence-corrected chi connectivity index (χ3v) is 14.9. The van der Waals surface area contributed by atoms with Crippen molar-refractivity contribution in [2.45, 2.75) is 160 Å². The Morgan fingerprint density at radius 2 is 1.34 bits per heavy atom. The summed E-state index contributed by atoms with van der Waals surface area (Å²) in [6.07, 6.45) is 7.87. The first-order chi connectivity index (χ1) is 40.4. The fourth-order valence-corrected chi connectivity index (χ4v) is 9.46. The Balaban J connectivity index is 1.21. The van der Waals surface area contributed by atoms with Gasteiger partial charge in [0.2, 0.25) is 59.1 Å². The molecule has 1 saturated carbocycles. The summed E-state index contributed by atoms with van der Waals surface area (Å²) in [7, 11) is 1.35. The number of unbranched alkanes of at least 4 members (excludes halogenated alkanes) is 1. The average molecular weight is 1180 g/mol. The maximum Gasteiger partial charge on any atom is 0.251 e. The molecule has 2 aromatic heterocycles. The van der Waals surface area contributed by atoms with Gasteiger partial charge >= 0.3 is 0 Å². The number of nitrogens with two attached hydrogens (primary N) is 2. The highest BCUT2D eigenvalue weighted by atomic mass is 19.1. The van der Waals surface area contributed by atoms with Gasteiger partial charge in [0.25, 0.3) is 5.91 Å². The maximum atomic E-state index is 14.3. The summed E-state index contributed by atoms with van der Waals surface area (Å²) in [4.78, 5) is 158. The molecule has 8 unspecified atom stereocenters. The van der Waals surface area contributed by atoms with Crippen molar-refractivity contribution in [2.24, 2.45) is 29.2 Å². The summed E-state index contributed by atoms with van der Waals surface area (Å²) in [6, 6.07) is 4.59. The van der Waals surface area contributed by atoms with Gasteiger partial charge in [-0.05, 0) is 92.7 Å². The number of para-hydroxylation sites is 1. The van der Waals surface area contributed by atoms with Crippen LogP contribution in [0.1, 0.15) is 127 Å². The van der Waals surface area contributed by atoms with E-state index in [4.69, 9.17) is 11.5 Å². The third-order valence-electron chi connectivity index (χ3n) is 14.9. The number of amides is 11. The molecule has 0 aliphatic heterocycles. The van der Waals surface area contributed by atoms with Gasteiger partial charge in [-0.15, -0.1) is 0 Å². The number of nitrogens with zero attached hydrogens (tertiary/aromatic N) is 2. The molecular weight excluding hydrogens is 1100 g/mol. The summed E-state index contributed by atoms with van der Waals surface area (Å²) in [5, 5.41) is 22.5. The molecule has 1 fully saturated rings. The topological polar surface area (TPSA) is 384 Å². The van der Waals surface area contributed by atoms with Crippen molar-refractivity contribution in [1.82, 2.24) is 62.4 Å². The Bertz CT molecular complexity index is 2950. The van der Waals surface area contributed by atoms with Gasteiger partial charge in [-0.2, -0.15) is 0 Å². The number of hydrogen-bond acceptors (Lipinski definition) is 12. The highest BCUT2D eigenvalue weighted by Gasteiger charge is 2.35. The van der Waals surface area contributed by atoms with Crippen LogP contribution in [0.15, 0.2) is 67.3 Å². The normalized spacial score (nSPS) is 14.9. The van der Waals surface area contributed by atoms with Crippen LogP contribution in [-0.2, 0) is 60.8 Å². The molecule has 5 rings (SSSR count). The lowest BCUT2D eigenvalue weighted by Gasteiger charge is -2.29. The van der Waals surface area contributed by atoms with Crippen molar-refractivity contribution >= 4 is 75.9 Å². The molecule has 25 nitrogen and oxygen atoms in total. The standard InChI is InChI=1S/C59H83FN14O11/c1-7-34(4)42(22-24-50(77)69-45(53(62)79)26-36-15-16-36)71-58(84)47(28-40-30-63-32-66-40)70-51(78)31-74(6)59(85)52(33(2)3)73-54(80)35(5)67-57(83)46(27-38-29-65-43-13-9-8-12-41(38)43)72-56(82)44(21-23-48(61)75)68-49(76)14-10-11-25-64-55(81)37-17-19-39(60)20-18-37/h8-9,12-13,17-20,29-30,32-36,42,44-47,52,65H,7,10-11,14-16,21-28,31H2,1-6H3,(H2,61,75)(H2,62,79)(H,63,66)(H,64,81)(H,67,83)(H,68,76)(H,69,77)(H,70,78)(H,71,84)(H,72,82)(H,73,80). The smallest absolute Gasteiger partial charge is 0.251 e. The molecule has 85 heavy (non-hydrogen) atoms. The zero-order valence-corrected chi connectivity index (χ0v) is 49.1. The van der Waals surface area contributed by atoms with Crippen molar-refractivity contribution in [3.63, 3.8) is 0 Å². The fraction of sp³-hybridized carbons (Fsp3) is 0.525. The number of carbonyl (C=O) groups excluding carboxylic acids is 11. The number of likely N-dealkylation sites (N-methyl/N-ethyl adjacent to an activating group) is 1. The van der Waals surface area contributed by atoms with E-state index in [2.05, 4.69) is 57.5 Å². The number of imidazole rings is 1. The van der Waals surface area contributed by atoms with Crippen LogP contribution < -0.4 is 54.0 Å². The van der Waals surface area contributed by atoms with Crippen molar-refractivity contribution in [3.8, 4) is 0 Å². The molecule has 0 bridgehead atoms. The number of aromatic nitrogens is 3. The van der Waals surface area contributed by atoms with E-state index in [1.807, 2.05) is 32.0 Å². The number of nitrogens with one attached hydrogen (secondary N) is 10. The number of fused-ring (bicyclic) bond motifs is 1. The number of H-pyrrole nitrogens is 2. The van der Waals surface area contributed by atoms with Crippen LogP contribution >= 0.6 is 0 Å². The first-order valence-corrected chi connectivity index (χ1v) is 28.9. The highest BCUT2D eigenvalue weighted by Crippen LogP contribution is 2.33. The van der Waals surface area contributed by atoms with Gasteiger partial charge in [-0.3, -0.25) is 52.7 Å². The van der Waals surface area contributed by atoms with Crippen LogP contribution in [0.25, 0.3) is 10.9 Å². The SMILES string of the molecule is CCC(C)C(CCC(=O)NC(CC1CC1)C(N)=O)NC(=O)C(Cc1cnc[nH]1)NC(=O)CN(C)C(=O)C(NC(=O)C(C)NC(=O)C(Cc1c[nH]c2ccccc12)NC(=O)C(CCC(N)=O)NC(=O)CCCCNC(=O)c1ccc(F)cc1)C(C)C. The largest absolute Gasteiger partial charge is 0.370 e. The number of rotatable bonds is 36. The minimum Gasteiger partial charge on any atom is -0.370 e. The van der Waals surface area contributed by atoms with Gasteiger partial charge in [0.05, 0.1) is 12.9 Å². The summed E-state index contributed by atoms with van der Waals surface area (Å²) < 4.78 is 13.3. The van der Waals surface area contributed by atoms with Crippen molar-refractivity contribution in [3.05, 3.63) is 89.9 Å². The zero-order chi connectivity index (χ0) is 62.3. The van der Waals surface area contributed by atoms with Gasteiger partial charge in [0.1, 0.15) is 42.1 Å². The number of hydrogen-bond donors (Lipinski definition) is 12. The van der Waals surface area contributed by atoms with Crippen LogP contribution in [-0.4, -0.2) is 147 Å². The summed E-state index contributed by atoms with van der Waals surface area (Å²) in [5.74, 6) is -7.83. The van der Waals surface area contributed by atoms with Crippen molar-refractivity contribution in [1.29, 1.82) is 0 Å². The Kier molecular flexibility index (Phi) is 26.0. The zero-order valence-electron chi connectivity index (χ0n) is 49.1. The molecule has 0 radical (unpaired) electrons. The van der Waals surface area contributed by atoms with Gasteiger partial charge in [0.15, 0.2) is 0 Å². The van der Waals surface area contributed by atoms with E-state index in [9.17, 15) is 57.1 Å². The quantitative estimate of drug-likeness (QED) is 0.0287. The summed E-state index contributed by atoms with van der Waals surface area (Å²) in [5.41, 5.74) is 13.1. The van der Waals surface area contributed by atoms with E-state index < -0.39 is 120 Å². The van der Waals surface area contributed by atoms with Crippen LogP contribution in [0.4, 0.5) is 4.39 Å². The molecule has 0 spiro atoms. The number of carbonyl (C=O) groups is 11. The minimum absolute atomic E-state index is 0.00106. The molecular formula is C59H83FN14O11. The molecule has 0 saturated heterocycles. The van der Waals surface area contributed by atoms with Crippen LogP contribution in [0.3, 0.4) is 0 Å². The maximum absolute atomic E-state index is 14.3. The number of benzene rings is 2. The van der Waals surface area contributed by atoms with Gasteiger partial charge in [-0.25, -0.2) is 9.37 Å². The molecule has 2 heterocycles. The molecule has 2 aromatic carbocycles. The predicted octanol–water partition coefficient (Wildman–Crippen LogP) is 1.32. The first-order valence-electron chi connectivity index (χ1n) is 28.9. The van der Waals surface area contributed by atoms with Crippen LogP contribution in [0.5, 0.6) is 0 Å². The van der Waals surface area contributed by atoms with E-state index in [1.54, 1.807) is 26.1 Å². The van der Waals surface area contributed by atoms with E-state index in [0.29, 0.717) is 42.9 Å². The number of halogens is 1. The second kappa shape index (κ2) is 33.0. The molecule has 1 aliphatic carbocycles. The average Bonchev–Trinajstić information content (AvgIpc) is 4.09. The van der Waals surface area contributed by atoms with Gasteiger partial charge in [0, 0.05) is 86.3 Å². The van der Waals surface area contributed by atoms with E-state index in [0.717, 1.165) is 40.8 Å². The molecule has 462 valence electrons. The predicted molar refractivity (Wildman–Crippen MR) is 312 cm³/mol. The molecule has 4 aromatic rings. The highest BCUT2D eigenvalue weighted by molar-refractivity contribution is 5.97. The lowest BCUT2D eigenvalue weighted by molar-refractivity contribution is -0.140. The molecule has 8 atom stereocenters. The second-order valence-corrected chi connectivity index (χ2v) is 22.3. The lowest BCUT2D eigenvalue weighted by Crippen LogP contribution is -2.59. The minimum atomic E-state index is -1.36. The van der Waals surface area contributed by atoms with Gasteiger partial charge in [-0.1, -0.05) is 65.2 Å². The summed E-state index contributed by atoms with van der Waals surface area (Å²) in [6.45, 7) is 8.24. The Morgan fingerprint density at radius 3 is 1.99 bits per heavy atom. The Hall–Kier alpha value is -8.71. The first kappa shape index (κ1) is 67.1. The Labute approximate surface area is 493 Å². The Morgan fingerprint density at radius 1 is 0.694 bits per heavy atom. The van der Waals surface area contributed by atoms with E-state index in [-0.39, 0.29) is 68.9 Å². The molecule has 14 N–H and O–H groups in total. The van der Waals surface area contributed by atoms with E-state index in [1.165, 1.54) is 38.6 Å². The molecule has 11 amide bonds. The monoisotopic (exact) mass is 1180 g/mol. The summed E-state index contributed by atoms with van der Waals surface area (Å²) >= 11 is 0. The molecule has 26 heteroatoms. The number of primary amides is 2. The lowest BCUT2D eigenvalue weighted by atomic mass is 9.94. The van der Waals surface area contributed by atoms with Crippen molar-refractivity contribution in [2.75, 3.05) is 20.1 Å². The van der Waals surface area contributed by atoms with E-state index >= 15 is 0 Å². The fourth-order valence-electron chi connectivity index (χ4n) is 9.46. The van der Waals surface area contributed by atoms with Crippen LogP contribution in [0.2, 0.25) is 0 Å². The molecule has 1 aliphatic rings. The number of aromatic amines is 2. The van der Waals surface area contributed by atoms with Gasteiger partial charge < -0.3 is 68.9 Å². The third kappa shape index (κ3) is 22.1. The van der Waals surface area contributed by atoms with Crippen molar-refractivity contribution < 1.29 is 57.1 Å². The van der Waals surface area contributed by atoms with Crippen LogP contribution in [0, 0.1) is 23.6 Å². The second-order valence-electron chi connectivity index (χ2n) is 22.3.